The van der Waals surface area contributed by atoms with E-state index in [0.717, 1.165) is 17.8 Å². The molecule has 0 aromatic heterocycles. The lowest BCUT2D eigenvalue weighted by molar-refractivity contribution is -0.122. The highest BCUT2D eigenvalue weighted by molar-refractivity contribution is 5.78. The summed E-state index contributed by atoms with van der Waals surface area (Å²) in [4.78, 5) is 12.4. The summed E-state index contributed by atoms with van der Waals surface area (Å²) in [7, 11) is 0. The molecule has 22 heavy (non-hydrogen) atoms. The van der Waals surface area contributed by atoms with E-state index in [4.69, 9.17) is 0 Å². The van der Waals surface area contributed by atoms with Crippen molar-refractivity contribution in [3.05, 3.63) is 0 Å². The second-order valence-electron chi connectivity index (χ2n) is 8.99. The molecule has 2 atom stereocenters. The molecule has 4 bridgehead atoms. The normalized spacial score (nSPS) is 46.7. The van der Waals surface area contributed by atoms with Crippen LogP contribution in [0.25, 0.3) is 0 Å². The van der Waals surface area contributed by atoms with E-state index in [1.807, 2.05) is 0 Å². The van der Waals surface area contributed by atoms with Crippen molar-refractivity contribution in [2.45, 2.75) is 82.7 Å². The Morgan fingerprint density at radius 2 is 1.59 bits per heavy atom. The minimum Gasteiger partial charge on any atom is -0.352 e. The molecule has 0 heterocycles. The molecule has 3 nitrogen and oxygen atoms in total. The zero-order valence-electron chi connectivity index (χ0n) is 14.1. The second kappa shape index (κ2) is 5.81. The van der Waals surface area contributed by atoms with E-state index in [1.165, 1.54) is 64.2 Å². The predicted molar refractivity (Wildman–Crippen MR) is 88.5 cm³/mol. The molecule has 5 aliphatic rings. The van der Waals surface area contributed by atoms with Crippen molar-refractivity contribution in [2.75, 3.05) is 6.54 Å². The van der Waals surface area contributed by atoms with Crippen LogP contribution in [0.4, 0.5) is 0 Å². The van der Waals surface area contributed by atoms with Gasteiger partial charge in [-0.3, -0.25) is 4.79 Å². The van der Waals surface area contributed by atoms with Gasteiger partial charge in [-0.1, -0.05) is 19.8 Å². The second-order valence-corrected chi connectivity index (χ2v) is 8.99. The van der Waals surface area contributed by atoms with Gasteiger partial charge in [-0.2, -0.15) is 0 Å². The zero-order chi connectivity index (χ0) is 15.2. The van der Waals surface area contributed by atoms with Crippen LogP contribution in [0.3, 0.4) is 0 Å². The third kappa shape index (κ3) is 2.93. The summed E-state index contributed by atoms with van der Waals surface area (Å²) >= 11 is 0. The molecule has 0 unspecified atom stereocenters. The summed E-state index contributed by atoms with van der Waals surface area (Å²) in [6.07, 6.45) is 13.4. The molecular weight excluding hydrogens is 272 g/mol. The number of nitrogens with one attached hydrogen (secondary N) is 2. The predicted octanol–water partition coefficient (Wildman–Crippen LogP) is 3.24. The maximum atomic E-state index is 12.4. The first-order valence-corrected chi connectivity index (χ1v) is 9.66. The van der Waals surface area contributed by atoms with E-state index in [2.05, 4.69) is 17.6 Å². The Morgan fingerprint density at radius 1 is 1.00 bits per heavy atom. The topological polar surface area (TPSA) is 41.1 Å². The molecule has 5 saturated carbocycles. The average molecular weight is 304 g/mol. The molecule has 5 aliphatic carbocycles. The van der Waals surface area contributed by atoms with Crippen molar-refractivity contribution in [1.29, 1.82) is 0 Å². The van der Waals surface area contributed by atoms with Gasteiger partial charge >= 0.3 is 0 Å². The number of carbonyl (C=O) groups excluding carboxylic acids is 1. The highest BCUT2D eigenvalue weighted by Gasteiger charge is 2.50. The van der Waals surface area contributed by atoms with Crippen LogP contribution in [-0.4, -0.2) is 24.0 Å². The molecule has 0 spiro atoms. The third-order valence-electron chi connectivity index (χ3n) is 7.12. The largest absolute Gasteiger partial charge is 0.352 e. The number of hydrogen-bond acceptors (Lipinski definition) is 2. The van der Waals surface area contributed by atoms with Gasteiger partial charge in [-0.25, -0.2) is 0 Å². The van der Waals surface area contributed by atoms with Crippen LogP contribution in [0, 0.1) is 23.7 Å². The van der Waals surface area contributed by atoms with Gasteiger partial charge in [-0.15, -0.1) is 0 Å². The van der Waals surface area contributed by atoms with Gasteiger partial charge < -0.3 is 10.6 Å². The molecular formula is C19H32N2O. The zero-order valence-corrected chi connectivity index (χ0v) is 14.1. The first kappa shape index (κ1) is 15.0. The highest BCUT2D eigenvalue weighted by Crippen LogP contribution is 2.55. The fourth-order valence-corrected chi connectivity index (χ4v) is 6.38. The van der Waals surface area contributed by atoms with E-state index in [0.29, 0.717) is 24.0 Å². The minimum absolute atomic E-state index is 0.231. The van der Waals surface area contributed by atoms with Crippen LogP contribution >= 0.6 is 0 Å². The molecule has 124 valence electrons. The lowest BCUT2D eigenvalue weighted by Gasteiger charge is -2.57. The third-order valence-corrected chi connectivity index (χ3v) is 7.12. The lowest BCUT2D eigenvalue weighted by atomic mass is 9.53. The van der Waals surface area contributed by atoms with Crippen molar-refractivity contribution in [3.63, 3.8) is 0 Å². The molecule has 0 aromatic carbocycles. The van der Waals surface area contributed by atoms with Crippen molar-refractivity contribution in [1.82, 2.24) is 10.6 Å². The molecule has 2 N–H and O–H groups in total. The number of rotatable bonds is 4. The highest BCUT2D eigenvalue weighted by atomic mass is 16.2. The number of carbonyl (C=O) groups is 1. The van der Waals surface area contributed by atoms with Gasteiger partial charge in [0.15, 0.2) is 0 Å². The fourth-order valence-electron chi connectivity index (χ4n) is 6.38. The Morgan fingerprint density at radius 3 is 2.18 bits per heavy atom. The fraction of sp³-hybridized carbons (Fsp3) is 0.947. The Labute approximate surface area is 135 Å². The molecule has 1 amide bonds. The summed E-state index contributed by atoms with van der Waals surface area (Å²) in [5.74, 6) is 3.72. The molecule has 0 saturated heterocycles. The molecule has 3 heteroatoms. The van der Waals surface area contributed by atoms with Crippen LogP contribution in [-0.2, 0) is 4.79 Å². The average Bonchev–Trinajstić information content (AvgIpc) is 2.46. The standard InChI is InChI=1S/C19H32N2O/c1-13-4-2-3-5-17(13)21-18(22)12-20-19-9-14-6-15(10-19)8-16(7-14)11-19/h13-17,20H,2-12H2,1H3,(H,21,22)/t13-,14?,15?,16?,17+,19?/m0/s1. The Hall–Kier alpha value is -0.570. The number of hydrogen-bond donors (Lipinski definition) is 2. The molecule has 0 aromatic rings. The van der Waals surface area contributed by atoms with Crippen LogP contribution in [0.5, 0.6) is 0 Å². The molecule has 5 fully saturated rings. The summed E-state index contributed by atoms with van der Waals surface area (Å²) < 4.78 is 0. The maximum Gasteiger partial charge on any atom is 0.234 e. The van der Waals surface area contributed by atoms with Crippen LogP contribution < -0.4 is 10.6 Å². The van der Waals surface area contributed by atoms with Gasteiger partial charge in [0.1, 0.15) is 0 Å². The smallest absolute Gasteiger partial charge is 0.234 e. The van der Waals surface area contributed by atoms with Gasteiger partial charge in [0.05, 0.1) is 6.54 Å². The van der Waals surface area contributed by atoms with Gasteiger partial charge in [0.25, 0.3) is 0 Å². The Balaban J connectivity index is 1.30. The van der Waals surface area contributed by atoms with Crippen molar-refractivity contribution < 1.29 is 4.79 Å². The van der Waals surface area contributed by atoms with E-state index in [-0.39, 0.29) is 5.91 Å². The van der Waals surface area contributed by atoms with E-state index in [1.54, 1.807) is 0 Å². The quantitative estimate of drug-likeness (QED) is 0.837. The van der Waals surface area contributed by atoms with Crippen LogP contribution in [0.1, 0.15) is 71.1 Å². The van der Waals surface area contributed by atoms with Gasteiger partial charge in [0.2, 0.25) is 5.91 Å². The van der Waals surface area contributed by atoms with Gasteiger partial charge in [-0.05, 0) is 75.0 Å². The summed E-state index contributed by atoms with van der Waals surface area (Å²) in [6, 6.07) is 0.416. The summed E-state index contributed by atoms with van der Waals surface area (Å²) in [6.45, 7) is 2.83. The first-order valence-electron chi connectivity index (χ1n) is 9.66. The number of amides is 1. The van der Waals surface area contributed by atoms with Crippen molar-refractivity contribution >= 4 is 5.91 Å². The Bertz CT molecular complexity index is 398. The summed E-state index contributed by atoms with van der Waals surface area (Å²) in [5.41, 5.74) is 0.310. The molecule has 0 aliphatic heterocycles. The summed E-state index contributed by atoms with van der Waals surface area (Å²) in [5, 5.41) is 7.02. The van der Waals surface area contributed by atoms with E-state index in [9.17, 15) is 4.79 Å². The first-order chi connectivity index (χ1) is 10.6. The lowest BCUT2D eigenvalue weighted by Crippen LogP contribution is -2.60. The van der Waals surface area contributed by atoms with E-state index < -0.39 is 0 Å². The van der Waals surface area contributed by atoms with Crippen molar-refractivity contribution in [3.8, 4) is 0 Å². The Kier molecular flexibility index (Phi) is 3.96. The monoisotopic (exact) mass is 304 g/mol. The maximum absolute atomic E-state index is 12.4. The van der Waals surface area contributed by atoms with Gasteiger partial charge in [0, 0.05) is 11.6 Å². The van der Waals surface area contributed by atoms with Crippen LogP contribution in [0.2, 0.25) is 0 Å². The molecule has 0 radical (unpaired) electrons. The van der Waals surface area contributed by atoms with E-state index >= 15 is 0 Å². The minimum atomic E-state index is 0.231. The van der Waals surface area contributed by atoms with Crippen LogP contribution in [0.15, 0.2) is 0 Å². The van der Waals surface area contributed by atoms with Crippen molar-refractivity contribution in [2.24, 2.45) is 23.7 Å². The molecule has 5 rings (SSSR count). The SMILES string of the molecule is C[C@H]1CCCC[C@H]1NC(=O)CNC12CC3CC(CC(C3)C1)C2.